The first kappa shape index (κ1) is 15.4. The summed E-state index contributed by atoms with van der Waals surface area (Å²) in [5.74, 6) is -1.09. The zero-order valence-electron chi connectivity index (χ0n) is 11.8. The molecule has 1 nitrogen and oxygen atoms in total. The summed E-state index contributed by atoms with van der Waals surface area (Å²) in [5, 5.41) is 3.42. The average Bonchev–Trinajstić information content (AvgIpc) is 2.45. The van der Waals surface area contributed by atoms with Crippen molar-refractivity contribution in [3.8, 4) is 0 Å². The summed E-state index contributed by atoms with van der Waals surface area (Å²) in [5.41, 5.74) is 2.57. The van der Waals surface area contributed by atoms with Gasteiger partial charge in [-0.15, -0.1) is 0 Å². The minimum absolute atomic E-state index is 0.221. The number of hydrogen-bond acceptors (Lipinski definition) is 1. The Labute approximate surface area is 118 Å². The highest BCUT2D eigenvalue weighted by atomic mass is 19.4. The van der Waals surface area contributed by atoms with Crippen LogP contribution in [-0.4, -0.2) is 12.2 Å². The molecule has 1 aliphatic carbocycles. The predicted octanol–water partition coefficient (Wildman–Crippen LogP) is 4.46. The maximum atomic E-state index is 12.6. The zero-order valence-corrected chi connectivity index (χ0v) is 11.8. The third kappa shape index (κ3) is 3.98. The molecular formula is C16H22F3N. The Morgan fingerprint density at radius 3 is 2.20 bits per heavy atom. The van der Waals surface area contributed by atoms with Crippen LogP contribution in [0.25, 0.3) is 0 Å². The van der Waals surface area contributed by atoms with E-state index in [0.717, 1.165) is 13.0 Å². The Bertz CT molecular complexity index is 420. The molecule has 4 heteroatoms. The van der Waals surface area contributed by atoms with E-state index in [-0.39, 0.29) is 18.9 Å². The van der Waals surface area contributed by atoms with Gasteiger partial charge in [0, 0.05) is 12.6 Å². The molecule has 1 saturated carbocycles. The molecule has 0 spiro atoms. The van der Waals surface area contributed by atoms with Crippen molar-refractivity contribution in [1.29, 1.82) is 0 Å². The second-order valence-electron chi connectivity index (χ2n) is 5.59. The van der Waals surface area contributed by atoms with Gasteiger partial charge in [0.05, 0.1) is 5.92 Å². The number of nitrogens with one attached hydrogen (secondary N) is 1. The van der Waals surface area contributed by atoms with E-state index in [1.165, 1.54) is 11.1 Å². The molecular weight excluding hydrogens is 263 g/mol. The topological polar surface area (TPSA) is 12.0 Å². The molecule has 0 bridgehead atoms. The van der Waals surface area contributed by atoms with Crippen molar-refractivity contribution in [3.05, 3.63) is 35.4 Å². The van der Waals surface area contributed by atoms with Crippen LogP contribution in [0.5, 0.6) is 0 Å². The van der Waals surface area contributed by atoms with Crippen molar-refractivity contribution < 1.29 is 13.2 Å². The van der Waals surface area contributed by atoms with Gasteiger partial charge in [0.2, 0.25) is 0 Å². The molecule has 112 valence electrons. The van der Waals surface area contributed by atoms with Gasteiger partial charge >= 0.3 is 6.18 Å². The summed E-state index contributed by atoms with van der Waals surface area (Å²) >= 11 is 0. The molecule has 0 aromatic heterocycles. The molecule has 0 atom stereocenters. The molecule has 0 amide bonds. The summed E-state index contributed by atoms with van der Waals surface area (Å²) in [6, 6.07) is 8.46. The lowest BCUT2D eigenvalue weighted by Gasteiger charge is -2.30. The van der Waals surface area contributed by atoms with Gasteiger partial charge in [-0.3, -0.25) is 0 Å². The Hall–Kier alpha value is -1.03. The molecule has 0 heterocycles. The van der Waals surface area contributed by atoms with Gasteiger partial charge in [0.15, 0.2) is 0 Å². The standard InChI is InChI=1S/C16H22F3N/c1-2-12-5-3-4-6-13(12)11-20-15-9-7-14(8-10-15)16(17,18)19/h3-6,14-15,20H,2,7-11H2,1H3. The van der Waals surface area contributed by atoms with Crippen molar-refractivity contribution in [2.24, 2.45) is 5.92 Å². The smallest absolute Gasteiger partial charge is 0.310 e. The monoisotopic (exact) mass is 285 g/mol. The van der Waals surface area contributed by atoms with Crippen molar-refractivity contribution in [1.82, 2.24) is 5.32 Å². The number of benzene rings is 1. The van der Waals surface area contributed by atoms with Gasteiger partial charge < -0.3 is 5.32 Å². The second-order valence-corrected chi connectivity index (χ2v) is 5.59. The van der Waals surface area contributed by atoms with Crippen LogP contribution in [0.15, 0.2) is 24.3 Å². The summed E-state index contributed by atoms with van der Waals surface area (Å²) in [4.78, 5) is 0. The lowest BCUT2D eigenvalue weighted by atomic mass is 9.85. The van der Waals surface area contributed by atoms with E-state index in [0.29, 0.717) is 12.8 Å². The lowest BCUT2D eigenvalue weighted by molar-refractivity contribution is -0.182. The molecule has 1 aromatic carbocycles. The van der Waals surface area contributed by atoms with E-state index in [2.05, 4.69) is 24.4 Å². The number of aryl methyl sites for hydroxylation is 1. The second kappa shape index (κ2) is 6.61. The average molecular weight is 285 g/mol. The van der Waals surface area contributed by atoms with E-state index in [1.54, 1.807) is 0 Å². The first-order valence-electron chi connectivity index (χ1n) is 7.37. The van der Waals surface area contributed by atoms with E-state index < -0.39 is 12.1 Å². The van der Waals surface area contributed by atoms with Crippen LogP contribution in [-0.2, 0) is 13.0 Å². The van der Waals surface area contributed by atoms with Crippen molar-refractivity contribution in [2.45, 2.75) is 57.8 Å². The third-order valence-electron chi connectivity index (χ3n) is 4.27. The number of rotatable bonds is 4. The van der Waals surface area contributed by atoms with E-state index in [9.17, 15) is 13.2 Å². The van der Waals surface area contributed by atoms with E-state index in [4.69, 9.17) is 0 Å². The molecule has 0 saturated heterocycles. The fourth-order valence-electron chi connectivity index (χ4n) is 2.95. The predicted molar refractivity (Wildman–Crippen MR) is 74.5 cm³/mol. The zero-order chi connectivity index (χ0) is 14.6. The summed E-state index contributed by atoms with van der Waals surface area (Å²) in [6.45, 7) is 2.87. The van der Waals surface area contributed by atoms with Gasteiger partial charge in [-0.1, -0.05) is 31.2 Å². The van der Waals surface area contributed by atoms with E-state index in [1.807, 2.05) is 12.1 Å². The van der Waals surface area contributed by atoms with Crippen molar-refractivity contribution >= 4 is 0 Å². The maximum absolute atomic E-state index is 12.6. The molecule has 0 aliphatic heterocycles. The van der Waals surface area contributed by atoms with Crippen LogP contribution < -0.4 is 5.32 Å². The molecule has 0 unspecified atom stereocenters. The van der Waals surface area contributed by atoms with Gasteiger partial charge in [-0.25, -0.2) is 0 Å². The third-order valence-corrected chi connectivity index (χ3v) is 4.27. The summed E-state index contributed by atoms with van der Waals surface area (Å²) < 4.78 is 37.8. The van der Waals surface area contributed by atoms with Gasteiger partial charge in [-0.05, 0) is 43.2 Å². The van der Waals surface area contributed by atoms with Gasteiger partial charge in [-0.2, -0.15) is 13.2 Å². The fourth-order valence-corrected chi connectivity index (χ4v) is 2.95. The molecule has 1 aliphatic rings. The van der Waals surface area contributed by atoms with Crippen molar-refractivity contribution in [2.75, 3.05) is 0 Å². The number of alkyl halides is 3. The normalized spacial score (nSPS) is 23.8. The highest BCUT2D eigenvalue weighted by Gasteiger charge is 2.41. The van der Waals surface area contributed by atoms with Gasteiger partial charge in [0.1, 0.15) is 0 Å². The highest BCUT2D eigenvalue weighted by molar-refractivity contribution is 5.26. The van der Waals surface area contributed by atoms with Crippen LogP contribution in [0.3, 0.4) is 0 Å². The van der Waals surface area contributed by atoms with Crippen LogP contribution in [0.2, 0.25) is 0 Å². The number of hydrogen-bond donors (Lipinski definition) is 1. The molecule has 2 rings (SSSR count). The molecule has 1 aromatic rings. The van der Waals surface area contributed by atoms with E-state index >= 15 is 0 Å². The minimum Gasteiger partial charge on any atom is -0.310 e. The molecule has 20 heavy (non-hydrogen) atoms. The van der Waals surface area contributed by atoms with Gasteiger partial charge in [0.25, 0.3) is 0 Å². The maximum Gasteiger partial charge on any atom is 0.391 e. The van der Waals surface area contributed by atoms with Crippen LogP contribution in [0.4, 0.5) is 13.2 Å². The van der Waals surface area contributed by atoms with Crippen LogP contribution in [0.1, 0.15) is 43.7 Å². The van der Waals surface area contributed by atoms with Crippen LogP contribution >= 0.6 is 0 Å². The Morgan fingerprint density at radius 1 is 1.05 bits per heavy atom. The summed E-state index contributed by atoms with van der Waals surface area (Å²) in [6.07, 6.45) is -1.26. The SMILES string of the molecule is CCc1ccccc1CNC1CCC(C(F)(F)F)CC1. The fraction of sp³-hybridized carbons (Fsp3) is 0.625. The first-order chi connectivity index (χ1) is 9.50. The first-order valence-corrected chi connectivity index (χ1v) is 7.37. The molecule has 1 N–H and O–H groups in total. The quantitative estimate of drug-likeness (QED) is 0.861. The largest absolute Gasteiger partial charge is 0.391 e. The Morgan fingerprint density at radius 2 is 1.65 bits per heavy atom. The lowest BCUT2D eigenvalue weighted by Crippen LogP contribution is -2.36. The molecule has 1 fully saturated rings. The number of halogens is 3. The highest BCUT2D eigenvalue weighted by Crippen LogP contribution is 2.37. The minimum atomic E-state index is -4.01. The Balaban J connectivity index is 1.82. The Kier molecular flexibility index (Phi) is 5.08. The molecule has 0 radical (unpaired) electrons. The van der Waals surface area contributed by atoms with Crippen LogP contribution in [0, 0.1) is 5.92 Å². The summed E-state index contributed by atoms with van der Waals surface area (Å²) in [7, 11) is 0. The van der Waals surface area contributed by atoms with Crippen molar-refractivity contribution in [3.63, 3.8) is 0 Å².